The van der Waals surface area contributed by atoms with Crippen molar-refractivity contribution in [3.8, 4) is 0 Å². The maximum absolute atomic E-state index is 12.6. The van der Waals surface area contributed by atoms with Gasteiger partial charge in [-0.25, -0.2) is 13.8 Å². The van der Waals surface area contributed by atoms with Crippen molar-refractivity contribution in [3.05, 3.63) is 22.9 Å². The molecule has 0 aliphatic carbocycles. The lowest BCUT2D eigenvalue weighted by molar-refractivity contribution is -0.139. The molecule has 0 aliphatic heterocycles. The van der Waals surface area contributed by atoms with Crippen molar-refractivity contribution in [2.24, 2.45) is 5.73 Å². The van der Waals surface area contributed by atoms with Gasteiger partial charge >= 0.3 is 5.97 Å². The summed E-state index contributed by atoms with van der Waals surface area (Å²) in [6.07, 6.45) is -2.90. The lowest BCUT2D eigenvalue weighted by atomic mass is 10.1. The Morgan fingerprint density at radius 2 is 2.24 bits per heavy atom. The van der Waals surface area contributed by atoms with Crippen molar-refractivity contribution in [3.63, 3.8) is 0 Å². The van der Waals surface area contributed by atoms with Crippen molar-refractivity contribution in [1.82, 2.24) is 4.98 Å². The summed E-state index contributed by atoms with van der Waals surface area (Å²) in [5.74, 6) is -0.819. The maximum atomic E-state index is 12.6. The van der Waals surface area contributed by atoms with Gasteiger partial charge in [-0.05, 0) is 11.6 Å². The fraction of sp³-hybridized carbons (Fsp3) is 0.400. The van der Waals surface area contributed by atoms with E-state index in [0.717, 1.165) is 6.07 Å². The summed E-state index contributed by atoms with van der Waals surface area (Å²) < 4.78 is 29.6. The molecule has 0 bridgehead atoms. The zero-order chi connectivity index (χ0) is 13.0. The zero-order valence-corrected chi connectivity index (χ0v) is 9.24. The second-order valence-corrected chi connectivity index (χ2v) is 3.33. The fourth-order valence-corrected chi connectivity index (χ4v) is 1.36. The van der Waals surface area contributed by atoms with E-state index in [1.54, 1.807) is 0 Å². The molecule has 0 radical (unpaired) electrons. The Balaban J connectivity index is 3.16. The summed E-state index contributed by atoms with van der Waals surface area (Å²) >= 11 is 0. The minimum absolute atomic E-state index is 0.0139. The topological polar surface area (TPSA) is 91.2 Å². The average Bonchev–Trinajstić information content (AvgIpc) is 2.30. The van der Waals surface area contributed by atoms with Crippen LogP contribution in [-0.4, -0.2) is 18.1 Å². The second-order valence-electron chi connectivity index (χ2n) is 3.33. The van der Waals surface area contributed by atoms with E-state index in [0.29, 0.717) is 11.3 Å². The van der Waals surface area contributed by atoms with Crippen molar-refractivity contribution < 1.29 is 18.3 Å². The number of carbonyl (C=O) groups is 1. The molecule has 0 fully saturated rings. The van der Waals surface area contributed by atoms with Gasteiger partial charge in [-0.3, -0.25) is 4.79 Å². The molecule has 94 valence electrons. The average molecular weight is 245 g/mol. The molecule has 0 amide bonds. The standard InChI is InChI=1S/C10H13F2N3O2/c1-17-8(16)3-5-2-6(9(11)12)10(14)15-7(5)4-13/h2,9H,3-4,13H2,1H3,(H2,14,15). The summed E-state index contributed by atoms with van der Waals surface area (Å²) in [6, 6.07) is 1.14. The first kappa shape index (κ1) is 13.3. The fourth-order valence-electron chi connectivity index (χ4n) is 1.36. The number of carbonyl (C=O) groups excluding carboxylic acids is 1. The molecule has 0 spiro atoms. The summed E-state index contributed by atoms with van der Waals surface area (Å²) in [5.41, 5.74) is 11.0. The Morgan fingerprint density at radius 3 is 2.71 bits per heavy atom. The van der Waals surface area contributed by atoms with Crippen molar-refractivity contribution in [1.29, 1.82) is 0 Å². The number of rotatable bonds is 4. The summed E-state index contributed by atoms with van der Waals surface area (Å²) in [7, 11) is 1.21. The normalized spacial score (nSPS) is 10.6. The first-order chi connectivity index (χ1) is 7.99. The van der Waals surface area contributed by atoms with Gasteiger partial charge < -0.3 is 16.2 Å². The Morgan fingerprint density at radius 1 is 1.59 bits per heavy atom. The van der Waals surface area contributed by atoms with Crippen molar-refractivity contribution in [2.45, 2.75) is 19.4 Å². The third-order valence-corrected chi connectivity index (χ3v) is 2.24. The van der Waals surface area contributed by atoms with E-state index in [2.05, 4.69) is 9.72 Å². The van der Waals surface area contributed by atoms with Crippen LogP contribution >= 0.6 is 0 Å². The van der Waals surface area contributed by atoms with Gasteiger partial charge in [0, 0.05) is 6.54 Å². The van der Waals surface area contributed by atoms with Crippen molar-refractivity contribution >= 4 is 11.8 Å². The molecular formula is C10H13F2N3O2. The number of pyridine rings is 1. The van der Waals surface area contributed by atoms with Crippen LogP contribution in [0.15, 0.2) is 6.07 Å². The highest BCUT2D eigenvalue weighted by Crippen LogP contribution is 2.26. The van der Waals surface area contributed by atoms with Crippen LogP contribution in [-0.2, 0) is 22.5 Å². The van der Waals surface area contributed by atoms with Gasteiger partial charge in [0.15, 0.2) is 0 Å². The monoisotopic (exact) mass is 245 g/mol. The van der Waals surface area contributed by atoms with Crippen LogP contribution in [0, 0.1) is 0 Å². The molecule has 0 saturated carbocycles. The van der Waals surface area contributed by atoms with Gasteiger partial charge in [0.2, 0.25) is 0 Å². The number of nitrogen functional groups attached to an aromatic ring is 1. The van der Waals surface area contributed by atoms with Gasteiger partial charge in [-0.1, -0.05) is 0 Å². The first-order valence-electron chi connectivity index (χ1n) is 4.82. The number of aromatic nitrogens is 1. The second kappa shape index (κ2) is 5.53. The summed E-state index contributed by atoms with van der Waals surface area (Å²) in [6.45, 7) is 0.0139. The number of alkyl halides is 2. The minimum Gasteiger partial charge on any atom is -0.469 e. The van der Waals surface area contributed by atoms with Crippen LogP contribution in [0.25, 0.3) is 0 Å². The number of halogens is 2. The molecular weight excluding hydrogens is 232 g/mol. The van der Waals surface area contributed by atoms with E-state index < -0.39 is 18.0 Å². The number of ether oxygens (including phenoxy) is 1. The van der Waals surface area contributed by atoms with Gasteiger partial charge in [0.25, 0.3) is 6.43 Å². The predicted molar refractivity (Wildman–Crippen MR) is 57.2 cm³/mol. The molecule has 1 heterocycles. The number of hydrogen-bond donors (Lipinski definition) is 2. The highest BCUT2D eigenvalue weighted by molar-refractivity contribution is 5.73. The number of esters is 1. The molecule has 5 nitrogen and oxygen atoms in total. The third-order valence-electron chi connectivity index (χ3n) is 2.24. The molecule has 1 aromatic heterocycles. The lowest BCUT2D eigenvalue weighted by Crippen LogP contribution is -2.13. The number of methoxy groups -OCH3 is 1. The van der Waals surface area contributed by atoms with Crippen LogP contribution in [0.2, 0.25) is 0 Å². The molecule has 0 saturated heterocycles. The molecule has 7 heteroatoms. The highest BCUT2D eigenvalue weighted by atomic mass is 19.3. The van der Waals surface area contributed by atoms with E-state index in [9.17, 15) is 13.6 Å². The highest BCUT2D eigenvalue weighted by Gasteiger charge is 2.17. The molecule has 1 aromatic rings. The van der Waals surface area contributed by atoms with E-state index in [1.165, 1.54) is 7.11 Å². The Labute approximate surface area is 96.8 Å². The quantitative estimate of drug-likeness (QED) is 0.765. The van der Waals surface area contributed by atoms with E-state index >= 15 is 0 Å². The molecule has 0 atom stereocenters. The van der Waals surface area contributed by atoms with E-state index in [-0.39, 0.29) is 18.8 Å². The Kier molecular flexibility index (Phi) is 4.33. The Hall–Kier alpha value is -1.76. The van der Waals surface area contributed by atoms with Gasteiger partial charge in [0.05, 0.1) is 24.8 Å². The minimum atomic E-state index is -2.74. The van der Waals surface area contributed by atoms with Crippen LogP contribution in [0.5, 0.6) is 0 Å². The Bertz CT molecular complexity index is 424. The molecule has 0 aromatic carbocycles. The molecule has 17 heavy (non-hydrogen) atoms. The summed E-state index contributed by atoms with van der Waals surface area (Å²) in [5, 5.41) is 0. The number of nitrogens with zero attached hydrogens (tertiary/aromatic N) is 1. The van der Waals surface area contributed by atoms with Crippen LogP contribution in [0.1, 0.15) is 23.2 Å². The van der Waals surface area contributed by atoms with Crippen LogP contribution in [0.3, 0.4) is 0 Å². The SMILES string of the molecule is COC(=O)Cc1cc(C(F)F)c(N)nc1CN. The number of hydrogen-bond acceptors (Lipinski definition) is 5. The largest absolute Gasteiger partial charge is 0.469 e. The first-order valence-corrected chi connectivity index (χ1v) is 4.82. The lowest BCUT2D eigenvalue weighted by Gasteiger charge is -2.11. The molecule has 0 aliphatic rings. The maximum Gasteiger partial charge on any atom is 0.310 e. The number of anilines is 1. The molecule has 4 N–H and O–H groups in total. The molecule has 0 unspecified atom stereocenters. The van der Waals surface area contributed by atoms with Crippen LogP contribution < -0.4 is 11.5 Å². The molecule has 1 rings (SSSR count). The van der Waals surface area contributed by atoms with Gasteiger partial charge in [-0.2, -0.15) is 0 Å². The van der Waals surface area contributed by atoms with E-state index in [4.69, 9.17) is 11.5 Å². The zero-order valence-electron chi connectivity index (χ0n) is 9.24. The smallest absolute Gasteiger partial charge is 0.310 e. The van der Waals surface area contributed by atoms with Crippen molar-refractivity contribution in [2.75, 3.05) is 12.8 Å². The number of nitrogens with two attached hydrogens (primary N) is 2. The van der Waals surface area contributed by atoms with Gasteiger partial charge in [0.1, 0.15) is 5.82 Å². The third kappa shape index (κ3) is 3.10. The van der Waals surface area contributed by atoms with Crippen LogP contribution in [0.4, 0.5) is 14.6 Å². The predicted octanol–water partition coefficient (Wildman–Crippen LogP) is 0.776. The van der Waals surface area contributed by atoms with E-state index in [1.807, 2.05) is 0 Å². The van der Waals surface area contributed by atoms with Gasteiger partial charge in [-0.15, -0.1) is 0 Å². The summed E-state index contributed by atoms with van der Waals surface area (Å²) in [4.78, 5) is 14.9.